The van der Waals surface area contributed by atoms with Crippen LogP contribution in [0.4, 0.5) is 13.2 Å². The molecule has 0 amide bonds. The second-order valence-electron chi connectivity index (χ2n) is 4.57. The molecule has 0 saturated heterocycles. The highest BCUT2D eigenvalue weighted by molar-refractivity contribution is 7.78. The van der Waals surface area contributed by atoms with Crippen molar-refractivity contribution in [2.45, 2.75) is 17.5 Å². The SMILES string of the molecule is FC(F)(F)C[SH+]c1cccc2c1Cc1ccccc1-2. The third-order valence-corrected chi connectivity index (χ3v) is 4.53. The lowest BCUT2D eigenvalue weighted by molar-refractivity contribution is -0.105. The summed E-state index contributed by atoms with van der Waals surface area (Å²) < 4.78 is 37.0. The monoisotopic (exact) mass is 281 g/mol. The van der Waals surface area contributed by atoms with Crippen LogP contribution in [0.2, 0.25) is 0 Å². The molecule has 98 valence electrons. The zero-order valence-electron chi connectivity index (χ0n) is 10.0. The van der Waals surface area contributed by atoms with Gasteiger partial charge in [0.15, 0.2) is 4.90 Å². The van der Waals surface area contributed by atoms with E-state index >= 15 is 0 Å². The summed E-state index contributed by atoms with van der Waals surface area (Å²) in [5, 5.41) is 0. The Morgan fingerprint density at radius 3 is 2.47 bits per heavy atom. The number of hydrogen-bond acceptors (Lipinski definition) is 0. The van der Waals surface area contributed by atoms with Crippen molar-refractivity contribution in [3.05, 3.63) is 53.6 Å². The summed E-state index contributed by atoms with van der Waals surface area (Å²) in [7, 11) is 0. The van der Waals surface area contributed by atoms with Gasteiger partial charge in [-0.05, 0) is 22.8 Å². The standard InChI is InChI=1S/C15H11F3S/c16-15(17,18)9-19-14-7-3-6-12-11-5-2-1-4-10(11)8-13(12)14/h1-7H,8-9H2/p+1. The van der Waals surface area contributed by atoms with E-state index in [0.29, 0.717) is 11.8 Å². The number of thiol groups is 1. The van der Waals surface area contributed by atoms with E-state index in [9.17, 15) is 13.2 Å². The van der Waals surface area contributed by atoms with E-state index in [2.05, 4.69) is 0 Å². The molecular weight excluding hydrogens is 269 g/mol. The third kappa shape index (κ3) is 2.50. The van der Waals surface area contributed by atoms with Crippen LogP contribution in [-0.2, 0) is 18.2 Å². The maximum Gasteiger partial charge on any atom is 0.433 e. The summed E-state index contributed by atoms with van der Waals surface area (Å²) in [6, 6.07) is 13.7. The number of halogens is 3. The Bertz CT molecular complexity index is 617. The van der Waals surface area contributed by atoms with E-state index in [4.69, 9.17) is 0 Å². The molecule has 0 heterocycles. The summed E-state index contributed by atoms with van der Waals surface area (Å²) in [6.07, 6.45) is -3.36. The first-order valence-corrected chi connectivity index (χ1v) is 7.07. The van der Waals surface area contributed by atoms with Crippen LogP contribution >= 0.6 is 0 Å². The van der Waals surface area contributed by atoms with Crippen molar-refractivity contribution in [2.75, 3.05) is 5.75 Å². The molecule has 0 radical (unpaired) electrons. The molecule has 0 atom stereocenters. The Balaban J connectivity index is 1.95. The topological polar surface area (TPSA) is 0 Å². The summed E-state index contributed by atoms with van der Waals surface area (Å²) in [6.45, 7) is 0. The molecule has 0 unspecified atom stereocenters. The minimum atomic E-state index is -4.10. The van der Waals surface area contributed by atoms with Gasteiger partial charge in [-0.25, -0.2) is 0 Å². The first-order valence-electron chi connectivity index (χ1n) is 5.99. The van der Waals surface area contributed by atoms with Gasteiger partial charge in [0.1, 0.15) is 0 Å². The Labute approximate surface area is 113 Å². The summed E-state index contributed by atoms with van der Waals surface area (Å²) >= 11 is 0.340. The normalized spacial score (nSPS) is 13.2. The first-order chi connectivity index (χ1) is 9.04. The van der Waals surface area contributed by atoms with E-state index in [-0.39, 0.29) is 0 Å². The van der Waals surface area contributed by atoms with Crippen LogP contribution in [0.3, 0.4) is 0 Å². The van der Waals surface area contributed by atoms with Gasteiger partial charge in [-0.2, -0.15) is 13.2 Å². The van der Waals surface area contributed by atoms with Crippen molar-refractivity contribution in [1.82, 2.24) is 0 Å². The molecule has 1 aliphatic rings. The molecule has 0 spiro atoms. The molecule has 0 bridgehead atoms. The van der Waals surface area contributed by atoms with E-state index in [0.717, 1.165) is 28.0 Å². The minimum absolute atomic E-state index is 0.340. The van der Waals surface area contributed by atoms with Crippen molar-refractivity contribution in [1.29, 1.82) is 0 Å². The summed E-state index contributed by atoms with van der Waals surface area (Å²) in [4.78, 5) is 0.797. The molecule has 3 rings (SSSR count). The zero-order valence-corrected chi connectivity index (χ0v) is 10.9. The quantitative estimate of drug-likeness (QED) is 0.492. The van der Waals surface area contributed by atoms with Crippen molar-refractivity contribution in [3.8, 4) is 11.1 Å². The van der Waals surface area contributed by atoms with Crippen LogP contribution in [0.1, 0.15) is 11.1 Å². The molecule has 2 aromatic rings. The molecule has 4 heteroatoms. The van der Waals surface area contributed by atoms with Gasteiger partial charge in [0.25, 0.3) is 0 Å². The Morgan fingerprint density at radius 1 is 0.947 bits per heavy atom. The lowest BCUT2D eigenvalue weighted by Gasteiger charge is -2.03. The fourth-order valence-electron chi connectivity index (χ4n) is 2.46. The van der Waals surface area contributed by atoms with Crippen LogP contribution in [0.5, 0.6) is 0 Å². The van der Waals surface area contributed by atoms with Gasteiger partial charge >= 0.3 is 6.18 Å². The van der Waals surface area contributed by atoms with Gasteiger partial charge in [0.2, 0.25) is 5.75 Å². The van der Waals surface area contributed by atoms with Crippen molar-refractivity contribution < 1.29 is 13.2 Å². The van der Waals surface area contributed by atoms with Crippen LogP contribution in [0, 0.1) is 0 Å². The maximum absolute atomic E-state index is 12.3. The van der Waals surface area contributed by atoms with E-state index < -0.39 is 11.9 Å². The average Bonchev–Trinajstić information content (AvgIpc) is 2.74. The molecular formula is C15H12F3S+. The number of alkyl halides is 3. The average molecular weight is 281 g/mol. The molecule has 0 N–H and O–H groups in total. The fourth-order valence-corrected chi connectivity index (χ4v) is 3.39. The highest BCUT2D eigenvalue weighted by Gasteiger charge is 2.34. The van der Waals surface area contributed by atoms with E-state index in [1.54, 1.807) is 6.07 Å². The smallest absolute Gasteiger partial charge is 0.166 e. The third-order valence-electron chi connectivity index (χ3n) is 3.25. The molecule has 0 fully saturated rings. The highest BCUT2D eigenvalue weighted by Crippen LogP contribution is 2.38. The van der Waals surface area contributed by atoms with Crippen LogP contribution in [0.25, 0.3) is 11.1 Å². The Morgan fingerprint density at radius 2 is 1.68 bits per heavy atom. The van der Waals surface area contributed by atoms with Crippen LogP contribution in [0.15, 0.2) is 47.4 Å². The molecule has 0 nitrogen and oxygen atoms in total. The number of benzene rings is 2. The highest BCUT2D eigenvalue weighted by atomic mass is 32.2. The molecule has 19 heavy (non-hydrogen) atoms. The maximum atomic E-state index is 12.3. The fraction of sp³-hybridized carbons (Fsp3) is 0.200. The van der Waals surface area contributed by atoms with Crippen molar-refractivity contribution in [3.63, 3.8) is 0 Å². The van der Waals surface area contributed by atoms with Crippen molar-refractivity contribution >= 4 is 11.8 Å². The predicted octanol–water partition coefficient (Wildman–Crippen LogP) is 3.99. The number of hydrogen-bond donors (Lipinski definition) is 0. The van der Waals surface area contributed by atoms with E-state index in [1.165, 1.54) is 5.56 Å². The Hall–Kier alpha value is -1.42. The van der Waals surface area contributed by atoms with Gasteiger partial charge in [0.05, 0.1) is 0 Å². The lowest BCUT2D eigenvalue weighted by atomic mass is 10.1. The van der Waals surface area contributed by atoms with Gasteiger partial charge in [-0.3, -0.25) is 0 Å². The van der Waals surface area contributed by atoms with Gasteiger partial charge < -0.3 is 0 Å². The second-order valence-corrected chi connectivity index (χ2v) is 5.68. The molecule has 0 aliphatic heterocycles. The van der Waals surface area contributed by atoms with Gasteiger partial charge in [0, 0.05) is 23.7 Å². The summed E-state index contributed by atoms with van der Waals surface area (Å²) in [5.74, 6) is -0.778. The number of rotatable bonds is 2. The molecule has 0 aromatic heterocycles. The lowest BCUT2D eigenvalue weighted by Crippen LogP contribution is -2.15. The zero-order chi connectivity index (χ0) is 13.5. The molecule has 1 aliphatic carbocycles. The first kappa shape index (κ1) is 12.6. The second kappa shape index (κ2) is 4.60. The van der Waals surface area contributed by atoms with Gasteiger partial charge in [-0.15, -0.1) is 0 Å². The number of fused-ring (bicyclic) bond motifs is 3. The van der Waals surface area contributed by atoms with Crippen LogP contribution in [-0.4, -0.2) is 11.9 Å². The molecule has 2 aromatic carbocycles. The minimum Gasteiger partial charge on any atom is -0.166 e. The molecule has 0 saturated carbocycles. The largest absolute Gasteiger partial charge is 0.433 e. The summed E-state index contributed by atoms with van der Waals surface area (Å²) in [5.41, 5.74) is 4.49. The predicted molar refractivity (Wildman–Crippen MR) is 72.6 cm³/mol. The van der Waals surface area contributed by atoms with E-state index in [1.807, 2.05) is 36.4 Å². The van der Waals surface area contributed by atoms with Crippen molar-refractivity contribution in [2.24, 2.45) is 0 Å². The van der Waals surface area contributed by atoms with Gasteiger partial charge in [-0.1, -0.05) is 36.4 Å². The Kier molecular flexibility index (Phi) is 3.05. The van der Waals surface area contributed by atoms with Crippen LogP contribution < -0.4 is 0 Å².